The second-order valence-corrected chi connectivity index (χ2v) is 12.7. The summed E-state index contributed by atoms with van der Waals surface area (Å²) in [6, 6.07) is 19.5. The van der Waals surface area contributed by atoms with Gasteiger partial charge in [-0.05, 0) is 117 Å². The van der Waals surface area contributed by atoms with Crippen LogP contribution in [0.3, 0.4) is 0 Å². The molecule has 2 aliphatic rings. The van der Waals surface area contributed by atoms with Gasteiger partial charge in [0.2, 0.25) is 5.91 Å². The van der Waals surface area contributed by atoms with Gasteiger partial charge in [-0.2, -0.15) is 0 Å². The number of amides is 1. The van der Waals surface area contributed by atoms with Crippen LogP contribution in [0.15, 0.2) is 60.7 Å². The molecule has 1 heterocycles. The Labute approximate surface area is 266 Å². The Morgan fingerprint density at radius 1 is 0.977 bits per heavy atom. The molecule has 1 fully saturated rings. The number of fused-ring (bicyclic) bond motifs is 1. The van der Waals surface area contributed by atoms with Gasteiger partial charge in [0.1, 0.15) is 0 Å². The van der Waals surface area contributed by atoms with Crippen LogP contribution in [0.4, 0.5) is 11.4 Å². The quantitative estimate of drug-likeness (QED) is 0.218. The minimum Gasteiger partial charge on any atom is -0.493 e. The van der Waals surface area contributed by atoms with E-state index in [0.29, 0.717) is 22.4 Å². The summed E-state index contributed by atoms with van der Waals surface area (Å²) in [7, 11) is 5.21. The van der Waals surface area contributed by atoms with Crippen molar-refractivity contribution in [1.82, 2.24) is 0 Å². The minimum absolute atomic E-state index is 0.0145. The van der Waals surface area contributed by atoms with Gasteiger partial charge in [0.25, 0.3) is 0 Å². The van der Waals surface area contributed by atoms with E-state index in [1.807, 2.05) is 67.3 Å². The zero-order valence-electron chi connectivity index (χ0n) is 26.3. The standard InChI is InChI=1S/C36H43ClN2O5/c1-23(2)44-33-22-31-27(20-32(33)42-4)21-34(40)39(35(31)25-10-12-28(37)13-11-25)30-16-14-29(15-17-30)38(3)19-18-24-6-8-26(9-7-24)36(41)43-5/h10-17,20,22-24,26,35H,6-9,18-19,21H2,1-5H3. The summed E-state index contributed by atoms with van der Waals surface area (Å²) < 4.78 is 16.7. The molecule has 1 atom stereocenters. The van der Waals surface area contributed by atoms with E-state index in [0.717, 1.165) is 66.7 Å². The monoisotopic (exact) mass is 618 g/mol. The van der Waals surface area contributed by atoms with E-state index in [9.17, 15) is 9.59 Å². The van der Waals surface area contributed by atoms with Crippen molar-refractivity contribution < 1.29 is 23.8 Å². The summed E-state index contributed by atoms with van der Waals surface area (Å²) >= 11 is 6.26. The van der Waals surface area contributed by atoms with E-state index < -0.39 is 0 Å². The van der Waals surface area contributed by atoms with Gasteiger partial charge in [-0.15, -0.1) is 0 Å². The molecule has 234 valence electrons. The number of anilines is 2. The first-order chi connectivity index (χ1) is 21.2. The molecule has 1 saturated carbocycles. The number of carbonyl (C=O) groups excluding carboxylic acids is 2. The second-order valence-electron chi connectivity index (χ2n) is 12.2. The number of carbonyl (C=O) groups is 2. The molecule has 5 rings (SSSR count). The molecular weight excluding hydrogens is 576 g/mol. The number of hydrogen-bond donors (Lipinski definition) is 0. The number of methoxy groups -OCH3 is 2. The topological polar surface area (TPSA) is 68.3 Å². The summed E-state index contributed by atoms with van der Waals surface area (Å²) in [4.78, 5) is 29.9. The van der Waals surface area contributed by atoms with E-state index in [1.165, 1.54) is 7.11 Å². The summed E-state index contributed by atoms with van der Waals surface area (Å²) in [5.41, 5.74) is 4.83. The Kier molecular flexibility index (Phi) is 10.0. The van der Waals surface area contributed by atoms with E-state index in [4.69, 9.17) is 25.8 Å². The Balaban J connectivity index is 1.37. The van der Waals surface area contributed by atoms with Crippen LogP contribution in [-0.2, 0) is 20.7 Å². The lowest BCUT2D eigenvalue weighted by Crippen LogP contribution is -2.41. The maximum Gasteiger partial charge on any atom is 0.308 e. The third kappa shape index (κ3) is 6.99. The lowest BCUT2D eigenvalue weighted by Gasteiger charge is -2.38. The fraction of sp³-hybridized carbons (Fsp3) is 0.444. The summed E-state index contributed by atoms with van der Waals surface area (Å²) in [5, 5.41) is 0.644. The van der Waals surface area contributed by atoms with Crippen LogP contribution in [0, 0.1) is 11.8 Å². The van der Waals surface area contributed by atoms with Crippen molar-refractivity contribution in [2.45, 2.75) is 64.5 Å². The zero-order valence-corrected chi connectivity index (χ0v) is 27.1. The van der Waals surface area contributed by atoms with Crippen molar-refractivity contribution >= 4 is 34.9 Å². The minimum atomic E-state index is -0.354. The number of ether oxygens (including phenoxy) is 3. The number of esters is 1. The predicted octanol–water partition coefficient (Wildman–Crippen LogP) is 7.62. The van der Waals surface area contributed by atoms with E-state index >= 15 is 0 Å². The largest absolute Gasteiger partial charge is 0.493 e. The lowest BCUT2D eigenvalue weighted by atomic mass is 9.80. The molecule has 0 N–H and O–H groups in total. The first-order valence-corrected chi connectivity index (χ1v) is 15.9. The lowest BCUT2D eigenvalue weighted by molar-refractivity contribution is -0.146. The Morgan fingerprint density at radius 2 is 1.66 bits per heavy atom. The van der Waals surface area contributed by atoms with Crippen LogP contribution >= 0.6 is 11.6 Å². The molecule has 0 spiro atoms. The maximum absolute atomic E-state index is 13.8. The number of halogens is 1. The SMILES string of the molecule is COC(=O)C1CCC(CCN(C)c2ccc(N3C(=O)Cc4cc(OC)c(OC(C)C)cc4C3c3ccc(Cl)cc3)cc2)CC1. The number of rotatable bonds is 10. The molecule has 1 aliphatic carbocycles. The van der Waals surface area contributed by atoms with Crippen LogP contribution in [0.5, 0.6) is 11.5 Å². The van der Waals surface area contributed by atoms with Crippen molar-refractivity contribution in [2.75, 3.05) is 37.6 Å². The van der Waals surface area contributed by atoms with E-state index in [1.54, 1.807) is 7.11 Å². The van der Waals surface area contributed by atoms with E-state index in [2.05, 4.69) is 24.1 Å². The van der Waals surface area contributed by atoms with Crippen LogP contribution in [0.2, 0.25) is 5.02 Å². The maximum atomic E-state index is 13.8. The average Bonchev–Trinajstić information content (AvgIpc) is 3.03. The smallest absolute Gasteiger partial charge is 0.308 e. The highest BCUT2D eigenvalue weighted by Crippen LogP contribution is 2.44. The van der Waals surface area contributed by atoms with Crippen LogP contribution in [0.25, 0.3) is 0 Å². The van der Waals surface area contributed by atoms with Gasteiger partial charge in [0, 0.05) is 30.0 Å². The molecule has 3 aromatic carbocycles. The molecule has 1 unspecified atom stereocenters. The molecule has 1 aliphatic heterocycles. The first-order valence-electron chi connectivity index (χ1n) is 15.5. The fourth-order valence-corrected chi connectivity index (χ4v) is 6.68. The molecule has 0 radical (unpaired) electrons. The average molecular weight is 619 g/mol. The van der Waals surface area contributed by atoms with Gasteiger partial charge in [0.15, 0.2) is 11.5 Å². The Morgan fingerprint density at radius 3 is 2.27 bits per heavy atom. The van der Waals surface area contributed by atoms with Crippen LogP contribution in [-0.4, -0.2) is 45.8 Å². The molecule has 1 amide bonds. The highest BCUT2D eigenvalue weighted by Gasteiger charge is 2.36. The summed E-state index contributed by atoms with van der Waals surface area (Å²) in [6.07, 6.45) is 5.26. The molecule has 44 heavy (non-hydrogen) atoms. The van der Waals surface area contributed by atoms with Crippen LogP contribution in [0.1, 0.15) is 68.7 Å². The Hall–Kier alpha value is -3.71. The molecule has 0 bridgehead atoms. The predicted molar refractivity (Wildman–Crippen MR) is 175 cm³/mol. The third-order valence-corrected chi connectivity index (χ3v) is 9.21. The van der Waals surface area contributed by atoms with Crippen LogP contribution < -0.4 is 19.3 Å². The highest BCUT2D eigenvalue weighted by atomic mass is 35.5. The number of nitrogens with zero attached hydrogens (tertiary/aromatic N) is 2. The van der Waals surface area contributed by atoms with E-state index in [-0.39, 0.29) is 36.4 Å². The van der Waals surface area contributed by atoms with Gasteiger partial charge in [-0.25, -0.2) is 0 Å². The van der Waals surface area contributed by atoms with Crippen molar-refractivity contribution in [1.29, 1.82) is 0 Å². The Bertz CT molecular complexity index is 1450. The molecular formula is C36H43ClN2O5. The first kappa shape index (κ1) is 31.7. The number of benzene rings is 3. The third-order valence-electron chi connectivity index (χ3n) is 8.96. The summed E-state index contributed by atoms with van der Waals surface area (Å²) in [6.45, 7) is 4.90. The molecule has 3 aromatic rings. The molecule has 7 nitrogen and oxygen atoms in total. The van der Waals surface area contributed by atoms with Crippen molar-refractivity contribution in [3.8, 4) is 11.5 Å². The van der Waals surface area contributed by atoms with Crippen molar-refractivity contribution in [3.63, 3.8) is 0 Å². The number of hydrogen-bond acceptors (Lipinski definition) is 6. The summed E-state index contributed by atoms with van der Waals surface area (Å²) in [5.74, 6) is 1.90. The van der Waals surface area contributed by atoms with Crippen molar-refractivity contribution in [2.24, 2.45) is 11.8 Å². The van der Waals surface area contributed by atoms with Gasteiger partial charge in [-0.1, -0.05) is 23.7 Å². The molecule has 0 saturated heterocycles. The zero-order chi connectivity index (χ0) is 31.4. The molecule has 0 aromatic heterocycles. The van der Waals surface area contributed by atoms with Gasteiger partial charge >= 0.3 is 5.97 Å². The normalized spacial score (nSPS) is 19.8. The van der Waals surface area contributed by atoms with Gasteiger partial charge in [0.05, 0.1) is 38.7 Å². The van der Waals surface area contributed by atoms with Gasteiger partial charge < -0.3 is 24.0 Å². The highest BCUT2D eigenvalue weighted by molar-refractivity contribution is 6.30. The fourth-order valence-electron chi connectivity index (χ4n) is 6.56. The van der Waals surface area contributed by atoms with Crippen molar-refractivity contribution in [3.05, 3.63) is 82.4 Å². The van der Waals surface area contributed by atoms with Gasteiger partial charge in [-0.3, -0.25) is 9.59 Å². The second kappa shape index (κ2) is 13.9. The molecule has 8 heteroatoms.